The maximum atomic E-state index is 3.36. The van der Waals surface area contributed by atoms with E-state index in [0.717, 1.165) is 0 Å². The van der Waals surface area contributed by atoms with E-state index in [1.54, 1.807) is 23.3 Å². The second kappa shape index (κ2) is 13.4. The number of fused-ring (bicyclic) bond motifs is 1. The molecule has 0 N–H and O–H groups in total. The molecule has 0 fully saturated rings. The van der Waals surface area contributed by atoms with E-state index < -0.39 is 0 Å². The van der Waals surface area contributed by atoms with Gasteiger partial charge in [0.1, 0.15) is 0 Å². The Kier molecular flexibility index (Phi) is 11.2. The van der Waals surface area contributed by atoms with Crippen LogP contribution in [0.15, 0.2) is 77.4 Å². The minimum atomic E-state index is 0.210. The van der Waals surface area contributed by atoms with Gasteiger partial charge in [-0.2, -0.15) is 11.1 Å². The van der Waals surface area contributed by atoms with Crippen molar-refractivity contribution in [1.29, 1.82) is 0 Å². The van der Waals surface area contributed by atoms with Crippen LogP contribution in [0.2, 0.25) is 13.1 Å². The molecule has 1 unspecified atom stereocenters. The zero-order valence-corrected chi connectivity index (χ0v) is 24.4. The van der Waals surface area contributed by atoms with Crippen LogP contribution in [0.1, 0.15) is 53.0 Å². The SMILES string of the molecule is CC1=[C-]C(C)C(C)=C1C.CCCCc1cccc(-c2c[cH-]c3ccccc23)c1.C[Si](C)=[Zr+2]. The van der Waals surface area contributed by atoms with Gasteiger partial charge in [0.15, 0.2) is 0 Å². The Morgan fingerprint density at radius 2 is 1.72 bits per heavy atom. The van der Waals surface area contributed by atoms with Gasteiger partial charge in [0, 0.05) is 0 Å². The summed E-state index contributed by atoms with van der Waals surface area (Å²) in [6.07, 6.45) is 7.06. The van der Waals surface area contributed by atoms with Crippen LogP contribution in [0.4, 0.5) is 0 Å². The summed E-state index contributed by atoms with van der Waals surface area (Å²) in [6, 6.07) is 22.0. The van der Waals surface area contributed by atoms with Gasteiger partial charge in [-0.05, 0) is 18.4 Å². The molecule has 4 rings (SSSR count). The number of hydrogen-bond donors (Lipinski definition) is 0. The number of hydrogen-bond acceptors (Lipinski definition) is 0. The van der Waals surface area contributed by atoms with E-state index in [9.17, 15) is 0 Å². The van der Waals surface area contributed by atoms with Gasteiger partial charge >= 0.3 is 41.9 Å². The molecule has 3 aromatic rings. The number of rotatable bonds is 4. The standard InChI is InChI=1S/C19H19.C9H13.C2H6Si.Zr/c1-2-3-7-15-8-6-10-17(14-15)19-13-12-16-9-4-5-11-18(16)19;1-6-5-7(2)9(4)8(6)3;1-3-2;/h4-6,8-14H,2-3,7H2,1H3;6H,1-4H3;1-2H3;/q2*-1;;+2. The van der Waals surface area contributed by atoms with Gasteiger partial charge in [-0.1, -0.05) is 75.9 Å². The Morgan fingerprint density at radius 3 is 2.28 bits per heavy atom. The van der Waals surface area contributed by atoms with Crippen LogP contribution in [0.3, 0.4) is 0 Å². The van der Waals surface area contributed by atoms with E-state index in [-0.39, 0.29) is 5.43 Å². The third kappa shape index (κ3) is 7.89. The molecule has 0 saturated heterocycles. The topological polar surface area (TPSA) is 0 Å². The first-order valence-corrected chi connectivity index (χ1v) is 18.0. The van der Waals surface area contributed by atoms with Crippen LogP contribution in [0.5, 0.6) is 0 Å². The maximum absolute atomic E-state index is 3.36. The van der Waals surface area contributed by atoms with E-state index in [1.807, 2.05) is 0 Å². The van der Waals surface area contributed by atoms with Gasteiger partial charge < -0.3 is 0 Å². The Balaban J connectivity index is 0.000000233. The van der Waals surface area contributed by atoms with Crippen molar-refractivity contribution in [2.24, 2.45) is 5.92 Å². The van der Waals surface area contributed by atoms with Crippen LogP contribution in [-0.4, -0.2) is 5.43 Å². The molecular formula is C30H38SiZr. The molecule has 3 aromatic carbocycles. The number of aryl methyl sites for hydroxylation is 1. The van der Waals surface area contributed by atoms with E-state index in [2.05, 4.69) is 114 Å². The van der Waals surface area contributed by atoms with Crippen LogP contribution in [0.25, 0.3) is 21.9 Å². The fourth-order valence-electron chi connectivity index (χ4n) is 3.84. The van der Waals surface area contributed by atoms with Gasteiger partial charge in [-0.3, -0.25) is 6.08 Å². The molecular weight excluding hydrogens is 480 g/mol. The molecule has 0 radical (unpaired) electrons. The monoisotopic (exact) mass is 516 g/mol. The van der Waals surface area contributed by atoms with Crippen molar-refractivity contribution in [1.82, 2.24) is 0 Å². The zero-order valence-electron chi connectivity index (χ0n) is 21.0. The Morgan fingerprint density at radius 1 is 1.03 bits per heavy atom. The first-order chi connectivity index (χ1) is 15.2. The molecule has 1 atom stereocenters. The third-order valence-corrected chi connectivity index (χ3v) is 5.97. The third-order valence-electron chi connectivity index (χ3n) is 5.97. The van der Waals surface area contributed by atoms with Crippen LogP contribution >= 0.6 is 0 Å². The van der Waals surface area contributed by atoms with E-state index in [0.29, 0.717) is 5.92 Å². The second-order valence-corrected chi connectivity index (χ2v) is 18.3. The van der Waals surface area contributed by atoms with Crippen molar-refractivity contribution in [2.75, 3.05) is 0 Å². The van der Waals surface area contributed by atoms with E-state index in [1.165, 1.54) is 63.4 Å². The summed E-state index contributed by atoms with van der Waals surface area (Å²) >= 11 is 1.74. The predicted molar refractivity (Wildman–Crippen MR) is 141 cm³/mol. The Hall–Kier alpha value is -1.37. The van der Waals surface area contributed by atoms with Crippen molar-refractivity contribution in [2.45, 2.75) is 67.0 Å². The van der Waals surface area contributed by atoms with Gasteiger partial charge in [-0.15, -0.1) is 53.6 Å². The number of benzene rings is 2. The molecule has 0 amide bonds. The summed E-state index contributed by atoms with van der Waals surface area (Å²) in [5.74, 6) is 0.560. The summed E-state index contributed by atoms with van der Waals surface area (Å²) in [5.41, 5.74) is 8.60. The van der Waals surface area contributed by atoms with Crippen LogP contribution in [-0.2, 0) is 29.8 Å². The molecule has 0 bridgehead atoms. The number of allylic oxidation sites excluding steroid dienone is 4. The summed E-state index contributed by atoms with van der Waals surface area (Å²) < 4.78 is 0. The molecule has 0 aromatic heterocycles. The summed E-state index contributed by atoms with van der Waals surface area (Å²) in [7, 11) is 0. The molecule has 0 spiro atoms. The molecule has 1 aliphatic carbocycles. The van der Waals surface area contributed by atoms with E-state index in [4.69, 9.17) is 0 Å². The van der Waals surface area contributed by atoms with Crippen molar-refractivity contribution in [3.05, 3.63) is 89.0 Å². The van der Waals surface area contributed by atoms with Crippen molar-refractivity contribution >= 4 is 16.2 Å². The van der Waals surface area contributed by atoms with Crippen LogP contribution in [0, 0.1) is 12.0 Å². The van der Waals surface area contributed by atoms with E-state index >= 15 is 0 Å². The van der Waals surface area contributed by atoms with Crippen LogP contribution < -0.4 is 0 Å². The van der Waals surface area contributed by atoms with Gasteiger partial charge in [0.25, 0.3) is 0 Å². The average molecular weight is 518 g/mol. The molecule has 0 heterocycles. The zero-order chi connectivity index (χ0) is 23.7. The van der Waals surface area contributed by atoms with Crippen molar-refractivity contribution < 1.29 is 23.3 Å². The van der Waals surface area contributed by atoms with Crippen molar-refractivity contribution in [3.63, 3.8) is 0 Å². The summed E-state index contributed by atoms with van der Waals surface area (Å²) in [6.45, 7) is 15.5. The minimum absolute atomic E-state index is 0.210. The molecule has 0 aliphatic heterocycles. The molecule has 166 valence electrons. The van der Waals surface area contributed by atoms with Gasteiger partial charge in [0.2, 0.25) is 0 Å². The normalized spacial score (nSPS) is 15.0. The second-order valence-electron chi connectivity index (χ2n) is 8.94. The predicted octanol–water partition coefficient (Wildman–Crippen LogP) is 9.07. The molecule has 0 nitrogen and oxygen atoms in total. The average Bonchev–Trinajstić information content (AvgIpc) is 3.29. The van der Waals surface area contributed by atoms with Crippen molar-refractivity contribution in [3.8, 4) is 11.1 Å². The quantitative estimate of drug-likeness (QED) is 0.239. The Labute approximate surface area is 211 Å². The first-order valence-electron chi connectivity index (χ1n) is 11.8. The first kappa shape index (κ1) is 26.9. The molecule has 1 aliphatic rings. The molecule has 2 heteroatoms. The van der Waals surface area contributed by atoms with Gasteiger partial charge in [0.05, 0.1) is 0 Å². The Bertz CT molecular complexity index is 1090. The molecule has 32 heavy (non-hydrogen) atoms. The van der Waals surface area contributed by atoms with Gasteiger partial charge in [-0.25, -0.2) is 5.57 Å². The number of unbranched alkanes of at least 4 members (excludes halogenated alkanes) is 1. The fraction of sp³-hybridized carbons (Fsp3) is 0.367. The fourth-order valence-corrected chi connectivity index (χ4v) is 3.84. The summed E-state index contributed by atoms with van der Waals surface area (Å²) in [5, 5.41) is 2.69. The molecule has 0 saturated carbocycles. The summed E-state index contributed by atoms with van der Waals surface area (Å²) in [4.78, 5) is 0.